The van der Waals surface area contributed by atoms with Crippen LogP contribution in [0, 0.1) is 0 Å². The third kappa shape index (κ3) is 5.20. The van der Waals surface area contributed by atoms with E-state index in [9.17, 15) is 4.79 Å². The van der Waals surface area contributed by atoms with E-state index in [4.69, 9.17) is 19.4 Å². The fourth-order valence-electron chi connectivity index (χ4n) is 5.35. The zero-order chi connectivity index (χ0) is 28.2. The monoisotopic (exact) mass is 547 g/mol. The molecule has 1 amide bonds. The second kappa shape index (κ2) is 11.7. The number of hydrogen-bond acceptors (Lipinski definition) is 6. The fraction of sp³-hybridized carbons (Fsp3) is 0.242. The van der Waals surface area contributed by atoms with Crippen molar-refractivity contribution < 1.29 is 14.3 Å². The van der Waals surface area contributed by atoms with Gasteiger partial charge in [-0.25, -0.2) is 9.97 Å². The summed E-state index contributed by atoms with van der Waals surface area (Å²) in [5.41, 5.74) is 4.52. The number of aromatic nitrogens is 3. The van der Waals surface area contributed by atoms with Gasteiger partial charge in [0.05, 0.1) is 24.8 Å². The molecule has 1 aliphatic heterocycles. The van der Waals surface area contributed by atoms with Crippen LogP contribution in [0.1, 0.15) is 23.7 Å². The van der Waals surface area contributed by atoms with E-state index in [0.29, 0.717) is 38.3 Å². The van der Waals surface area contributed by atoms with Gasteiger partial charge in [-0.1, -0.05) is 49.4 Å². The van der Waals surface area contributed by atoms with Crippen molar-refractivity contribution in [3.05, 3.63) is 97.0 Å². The first-order valence-corrected chi connectivity index (χ1v) is 14.0. The highest BCUT2D eigenvalue weighted by atomic mass is 16.5. The maximum Gasteiger partial charge on any atom is 0.253 e. The molecule has 0 spiro atoms. The molecule has 8 heteroatoms. The van der Waals surface area contributed by atoms with Gasteiger partial charge in [-0.05, 0) is 48.4 Å². The molecule has 8 nitrogen and oxygen atoms in total. The minimum absolute atomic E-state index is 0.0341. The first-order chi connectivity index (χ1) is 20.2. The highest BCUT2D eigenvalue weighted by Crippen LogP contribution is 2.38. The Balaban J connectivity index is 1.31. The lowest BCUT2D eigenvalue weighted by Crippen LogP contribution is -2.49. The van der Waals surface area contributed by atoms with Gasteiger partial charge >= 0.3 is 0 Å². The third-order valence-corrected chi connectivity index (χ3v) is 7.43. The predicted octanol–water partition coefficient (Wildman–Crippen LogP) is 5.85. The summed E-state index contributed by atoms with van der Waals surface area (Å²) in [7, 11) is 1.68. The predicted molar refractivity (Wildman–Crippen MR) is 161 cm³/mol. The quantitative estimate of drug-likeness (QED) is 0.243. The normalized spacial score (nSPS) is 13.4. The molecular formula is C33H33N5O3. The summed E-state index contributed by atoms with van der Waals surface area (Å²) in [6.45, 7) is 5.29. The fourth-order valence-corrected chi connectivity index (χ4v) is 5.35. The van der Waals surface area contributed by atoms with Crippen molar-refractivity contribution in [3.8, 4) is 28.3 Å². The molecule has 0 radical (unpaired) electrons. The Morgan fingerprint density at radius 1 is 0.878 bits per heavy atom. The van der Waals surface area contributed by atoms with Gasteiger partial charge in [0.15, 0.2) is 5.65 Å². The molecule has 3 heterocycles. The van der Waals surface area contributed by atoms with Crippen LogP contribution in [0.5, 0.6) is 11.5 Å². The number of anilines is 1. The molecule has 41 heavy (non-hydrogen) atoms. The molecule has 0 N–H and O–H groups in total. The molecule has 3 aromatic carbocycles. The first kappa shape index (κ1) is 26.4. The maximum absolute atomic E-state index is 13.3. The number of nitrogens with zero attached hydrogens (tertiary/aromatic N) is 5. The molecular weight excluding hydrogens is 514 g/mol. The standard InChI is InChI=1S/C33H33N5O3/c1-3-21-41-26-15-13-25(14-16-26)33(39)37-19-17-36(18-20-37)31-30-27(24-9-5-4-6-10-24)22-38(32(30)35-23-34-31)28-11-7-8-12-29(28)40-2/h4-16,22-23H,3,17-21H2,1-2H3. The van der Waals surface area contributed by atoms with E-state index in [-0.39, 0.29) is 5.91 Å². The molecule has 1 aliphatic rings. The zero-order valence-corrected chi connectivity index (χ0v) is 23.4. The Kier molecular flexibility index (Phi) is 7.54. The SMILES string of the molecule is CCCOc1ccc(C(=O)N2CCN(c3ncnc4c3c(-c3ccccc3)cn4-c3ccccc3OC)CC2)cc1. The van der Waals surface area contributed by atoms with Gasteiger partial charge in [-0.2, -0.15) is 0 Å². The second-order valence-electron chi connectivity index (χ2n) is 10.00. The van der Waals surface area contributed by atoms with E-state index in [0.717, 1.165) is 51.6 Å². The molecule has 5 aromatic rings. The van der Waals surface area contributed by atoms with Crippen LogP contribution in [0.25, 0.3) is 27.8 Å². The molecule has 1 saturated heterocycles. The number of para-hydroxylation sites is 2. The van der Waals surface area contributed by atoms with Crippen molar-refractivity contribution >= 4 is 22.8 Å². The topological polar surface area (TPSA) is 72.7 Å². The number of carbonyl (C=O) groups is 1. The van der Waals surface area contributed by atoms with E-state index in [1.54, 1.807) is 13.4 Å². The molecule has 2 aromatic heterocycles. The number of piperazine rings is 1. The lowest BCUT2D eigenvalue weighted by molar-refractivity contribution is 0.0746. The highest BCUT2D eigenvalue weighted by molar-refractivity contribution is 6.02. The lowest BCUT2D eigenvalue weighted by Gasteiger charge is -2.35. The van der Waals surface area contributed by atoms with Crippen LogP contribution in [-0.4, -0.2) is 65.2 Å². The number of benzene rings is 3. The largest absolute Gasteiger partial charge is 0.495 e. The summed E-state index contributed by atoms with van der Waals surface area (Å²) >= 11 is 0. The zero-order valence-electron chi connectivity index (χ0n) is 23.4. The Morgan fingerprint density at radius 3 is 2.34 bits per heavy atom. The number of methoxy groups -OCH3 is 1. The number of hydrogen-bond donors (Lipinski definition) is 0. The first-order valence-electron chi connectivity index (χ1n) is 14.0. The van der Waals surface area contributed by atoms with Gasteiger partial charge in [0.2, 0.25) is 0 Å². The van der Waals surface area contributed by atoms with Crippen molar-refractivity contribution in [1.82, 2.24) is 19.4 Å². The number of ether oxygens (including phenoxy) is 2. The van der Waals surface area contributed by atoms with Gasteiger partial charge in [0, 0.05) is 43.5 Å². The third-order valence-electron chi connectivity index (χ3n) is 7.43. The van der Waals surface area contributed by atoms with Gasteiger partial charge in [0.1, 0.15) is 23.6 Å². The summed E-state index contributed by atoms with van der Waals surface area (Å²) in [6, 6.07) is 25.7. The molecule has 1 fully saturated rings. The molecule has 0 aliphatic carbocycles. The maximum atomic E-state index is 13.3. The van der Waals surface area contributed by atoms with E-state index < -0.39 is 0 Å². The Morgan fingerprint density at radius 2 is 1.61 bits per heavy atom. The summed E-state index contributed by atoms with van der Waals surface area (Å²) in [4.78, 5) is 27.0. The number of fused-ring (bicyclic) bond motifs is 1. The molecule has 0 unspecified atom stereocenters. The average molecular weight is 548 g/mol. The van der Waals surface area contributed by atoms with Crippen LogP contribution >= 0.6 is 0 Å². The summed E-state index contributed by atoms with van der Waals surface area (Å²) in [6.07, 6.45) is 4.68. The van der Waals surface area contributed by atoms with Crippen LogP contribution in [0.2, 0.25) is 0 Å². The molecule has 208 valence electrons. The summed E-state index contributed by atoms with van der Waals surface area (Å²) in [5, 5.41) is 0.979. The highest BCUT2D eigenvalue weighted by Gasteiger charge is 2.27. The van der Waals surface area contributed by atoms with Crippen LogP contribution in [0.4, 0.5) is 5.82 Å². The van der Waals surface area contributed by atoms with Gasteiger partial charge in [-0.15, -0.1) is 0 Å². The Hall–Kier alpha value is -4.85. The van der Waals surface area contributed by atoms with Crippen molar-refractivity contribution in [1.29, 1.82) is 0 Å². The van der Waals surface area contributed by atoms with Crippen molar-refractivity contribution in [2.75, 3.05) is 44.8 Å². The van der Waals surface area contributed by atoms with Gasteiger partial charge in [0.25, 0.3) is 5.91 Å². The van der Waals surface area contributed by atoms with E-state index in [1.807, 2.05) is 71.6 Å². The van der Waals surface area contributed by atoms with E-state index in [1.165, 1.54) is 0 Å². The number of rotatable bonds is 8. The van der Waals surface area contributed by atoms with Crippen LogP contribution < -0.4 is 14.4 Å². The lowest BCUT2D eigenvalue weighted by atomic mass is 10.1. The van der Waals surface area contributed by atoms with E-state index >= 15 is 0 Å². The number of carbonyl (C=O) groups excluding carboxylic acids is 1. The Labute approximate surface area is 239 Å². The minimum atomic E-state index is 0.0341. The second-order valence-corrected chi connectivity index (χ2v) is 10.00. The summed E-state index contributed by atoms with van der Waals surface area (Å²) in [5.74, 6) is 2.45. The van der Waals surface area contributed by atoms with Gasteiger partial charge in [-0.3, -0.25) is 9.36 Å². The van der Waals surface area contributed by atoms with Crippen LogP contribution in [-0.2, 0) is 0 Å². The smallest absolute Gasteiger partial charge is 0.253 e. The van der Waals surface area contributed by atoms with Crippen molar-refractivity contribution in [2.45, 2.75) is 13.3 Å². The van der Waals surface area contributed by atoms with Crippen LogP contribution in [0.3, 0.4) is 0 Å². The van der Waals surface area contributed by atoms with Crippen molar-refractivity contribution in [2.24, 2.45) is 0 Å². The Bertz CT molecular complexity index is 1640. The minimum Gasteiger partial charge on any atom is -0.495 e. The van der Waals surface area contributed by atoms with E-state index in [2.05, 4.69) is 34.7 Å². The molecule has 0 saturated carbocycles. The molecule has 0 bridgehead atoms. The van der Waals surface area contributed by atoms with Crippen molar-refractivity contribution in [3.63, 3.8) is 0 Å². The number of amides is 1. The molecule has 0 atom stereocenters. The average Bonchev–Trinajstić information content (AvgIpc) is 3.44. The molecule has 6 rings (SSSR count). The van der Waals surface area contributed by atoms with Crippen LogP contribution in [0.15, 0.2) is 91.4 Å². The summed E-state index contributed by atoms with van der Waals surface area (Å²) < 4.78 is 13.4. The van der Waals surface area contributed by atoms with Gasteiger partial charge < -0.3 is 19.3 Å².